The van der Waals surface area contributed by atoms with Crippen molar-refractivity contribution in [3.63, 3.8) is 0 Å². The van der Waals surface area contributed by atoms with Crippen LogP contribution in [-0.4, -0.2) is 28.6 Å². The third-order valence-corrected chi connectivity index (χ3v) is 5.56. The Morgan fingerprint density at radius 2 is 1.77 bits per heavy atom. The Morgan fingerprint density at radius 3 is 2.44 bits per heavy atom. The van der Waals surface area contributed by atoms with Crippen molar-refractivity contribution in [3.8, 4) is 17.6 Å². The van der Waals surface area contributed by atoms with E-state index in [-0.39, 0.29) is 17.3 Å². The van der Waals surface area contributed by atoms with Crippen LogP contribution in [0.15, 0.2) is 89.4 Å². The van der Waals surface area contributed by atoms with Gasteiger partial charge in [0.1, 0.15) is 28.9 Å². The van der Waals surface area contributed by atoms with Crippen LogP contribution in [0.4, 0.5) is 5.69 Å². The minimum atomic E-state index is -1.07. The summed E-state index contributed by atoms with van der Waals surface area (Å²) >= 11 is 0. The highest BCUT2D eigenvalue weighted by Crippen LogP contribution is 2.27. The zero-order valence-corrected chi connectivity index (χ0v) is 21.9. The van der Waals surface area contributed by atoms with Gasteiger partial charge < -0.3 is 25.7 Å². The Kier molecular flexibility index (Phi) is 7.74. The quantitative estimate of drug-likeness (QED) is 0.236. The fourth-order valence-corrected chi connectivity index (χ4v) is 3.72. The predicted molar refractivity (Wildman–Crippen MR) is 147 cm³/mol. The molecule has 39 heavy (non-hydrogen) atoms. The number of benzene rings is 3. The van der Waals surface area contributed by atoms with Gasteiger partial charge in [0, 0.05) is 12.5 Å². The van der Waals surface area contributed by atoms with Gasteiger partial charge in [-0.1, -0.05) is 36.4 Å². The maximum atomic E-state index is 12.6. The molecule has 0 saturated carbocycles. The molecule has 1 atom stereocenters. The maximum absolute atomic E-state index is 12.6. The van der Waals surface area contributed by atoms with Gasteiger partial charge in [0.2, 0.25) is 5.88 Å². The molecule has 0 saturated heterocycles. The first-order valence-electron chi connectivity index (χ1n) is 12.2. The summed E-state index contributed by atoms with van der Waals surface area (Å²) < 4.78 is 17.6. The molecule has 0 fully saturated rings. The summed E-state index contributed by atoms with van der Waals surface area (Å²) in [5, 5.41) is 10.3. The van der Waals surface area contributed by atoms with E-state index in [1.807, 2.05) is 36.4 Å². The second-order valence-corrected chi connectivity index (χ2v) is 9.80. The number of allylic oxidation sites excluding steroid dienone is 1. The second kappa shape index (κ2) is 11.2. The number of nitrogen functional groups attached to an aromatic ring is 1. The van der Waals surface area contributed by atoms with Crippen LogP contribution in [0.25, 0.3) is 0 Å². The van der Waals surface area contributed by atoms with Crippen LogP contribution in [0.1, 0.15) is 42.3 Å². The summed E-state index contributed by atoms with van der Waals surface area (Å²) in [6, 6.07) is 22.8. The molecule has 3 aromatic rings. The number of carbonyl (C=O) groups is 1. The Labute approximate surface area is 226 Å². The fraction of sp³-hybridized carbons (Fsp3) is 0.207. The van der Waals surface area contributed by atoms with E-state index in [9.17, 15) is 10.1 Å². The molecule has 0 radical (unpaired) electrons. The van der Waals surface area contributed by atoms with E-state index >= 15 is 0 Å². The second-order valence-electron chi connectivity index (χ2n) is 9.80. The standard InChI is InChI=1S/C29H30N6O4/c1-29(2,3)39-27(36)19-10-7-11-21(15-19)38-28-34-24(14-18-8-5-4-6-9-18)25(32)26(35(28)33)37-22-13-12-20(17-30)23(31)16-22/h4-13,15-16,28H,14,31-33H2,1-3H3. The molecule has 0 aromatic heterocycles. The lowest BCUT2D eigenvalue weighted by Crippen LogP contribution is -2.49. The lowest BCUT2D eigenvalue weighted by molar-refractivity contribution is 0.00645. The number of esters is 1. The van der Waals surface area contributed by atoms with Crippen LogP contribution in [0.5, 0.6) is 11.5 Å². The SMILES string of the molecule is CC(C)(C)OC(=O)c1cccc(OC2N=C(Cc3ccccc3)C(N)=C(Oc3ccc(C#N)c(N)c3)N2N)c1. The molecule has 200 valence electrons. The van der Waals surface area contributed by atoms with Crippen LogP contribution >= 0.6 is 0 Å². The van der Waals surface area contributed by atoms with Gasteiger partial charge in [0.25, 0.3) is 6.35 Å². The molecule has 0 amide bonds. The molecule has 3 aromatic carbocycles. The zero-order valence-electron chi connectivity index (χ0n) is 21.9. The van der Waals surface area contributed by atoms with Crippen molar-refractivity contribution in [2.75, 3.05) is 5.73 Å². The first-order chi connectivity index (χ1) is 18.5. The number of anilines is 1. The molecule has 1 unspecified atom stereocenters. The number of hydrogen-bond donors (Lipinski definition) is 3. The summed E-state index contributed by atoms with van der Waals surface area (Å²) in [6.07, 6.45) is -0.684. The number of ether oxygens (including phenoxy) is 3. The lowest BCUT2D eigenvalue weighted by Gasteiger charge is -2.33. The van der Waals surface area contributed by atoms with Gasteiger partial charge in [-0.05, 0) is 56.7 Å². The van der Waals surface area contributed by atoms with Gasteiger partial charge in [-0.15, -0.1) is 0 Å². The van der Waals surface area contributed by atoms with E-state index in [1.165, 1.54) is 6.07 Å². The molecule has 6 N–H and O–H groups in total. The van der Waals surface area contributed by atoms with Crippen molar-refractivity contribution >= 4 is 17.4 Å². The van der Waals surface area contributed by atoms with Gasteiger partial charge in [0.05, 0.1) is 22.5 Å². The van der Waals surface area contributed by atoms with Gasteiger partial charge in [-0.2, -0.15) is 5.26 Å². The smallest absolute Gasteiger partial charge is 0.338 e. The minimum absolute atomic E-state index is 0.0911. The third kappa shape index (κ3) is 6.66. The van der Waals surface area contributed by atoms with E-state index < -0.39 is 17.9 Å². The summed E-state index contributed by atoms with van der Waals surface area (Å²) in [5.41, 5.74) is 14.4. The highest BCUT2D eigenvalue weighted by molar-refractivity contribution is 6.01. The number of rotatable bonds is 7. The number of nitrogens with two attached hydrogens (primary N) is 3. The van der Waals surface area contributed by atoms with Gasteiger partial charge in [0.15, 0.2) is 0 Å². The largest absolute Gasteiger partial charge is 0.456 e. The first-order valence-corrected chi connectivity index (χ1v) is 12.2. The molecule has 0 bridgehead atoms. The highest BCUT2D eigenvalue weighted by atomic mass is 16.6. The highest BCUT2D eigenvalue weighted by Gasteiger charge is 2.31. The van der Waals surface area contributed by atoms with E-state index in [0.717, 1.165) is 10.6 Å². The number of aliphatic imine (C=N–C) groups is 1. The topological polar surface area (TPSA) is 162 Å². The molecule has 0 aliphatic carbocycles. The number of nitrogens with zero attached hydrogens (tertiary/aromatic N) is 3. The number of carbonyl (C=O) groups excluding carboxylic acids is 1. The summed E-state index contributed by atoms with van der Waals surface area (Å²) in [6.45, 7) is 5.38. The van der Waals surface area contributed by atoms with Crippen molar-refractivity contribution in [2.24, 2.45) is 16.6 Å². The predicted octanol–water partition coefficient (Wildman–Crippen LogP) is 3.84. The van der Waals surface area contributed by atoms with Crippen LogP contribution in [-0.2, 0) is 11.2 Å². The molecule has 1 aliphatic rings. The monoisotopic (exact) mass is 526 g/mol. The van der Waals surface area contributed by atoms with Gasteiger partial charge in [-0.3, -0.25) is 0 Å². The van der Waals surface area contributed by atoms with E-state index in [1.54, 1.807) is 57.2 Å². The molecular weight excluding hydrogens is 496 g/mol. The fourth-order valence-electron chi connectivity index (χ4n) is 3.72. The minimum Gasteiger partial charge on any atom is -0.456 e. The summed E-state index contributed by atoms with van der Waals surface area (Å²) in [7, 11) is 0. The molecule has 10 nitrogen and oxygen atoms in total. The average molecular weight is 527 g/mol. The molecule has 1 aliphatic heterocycles. The Bertz CT molecular complexity index is 1470. The number of hydrogen-bond acceptors (Lipinski definition) is 10. The van der Waals surface area contributed by atoms with Crippen molar-refractivity contribution in [1.29, 1.82) is 5.26 Å². The van der Waals surface area contributed by atoms with Crippen LogP contribution in [0.2, 0.25) is 0 Å². The zero-order chi connectivity index (χ0) is 28.2. The molecular formula is C29H30N6O4. The Morgan fingerprint density at radius 1 is 1.03 bits per heavy atom. The van der Waals surface area contributed by atoms with Crippen LogP contribution in [0, 0.1) is 11.3 Å². The van der Waals surface area contributed by atoms with E-state index in [4.69, 9.17) is 31.5 Å². The third-order valence-electron chi connectivity index (χ3n) is 5.56. The molecule has 10 heteroatoms. The summed E-state index contributed by atoms with van der Waals surface area (Å²) in [5.74, 6) is 6.67. The average Bonchev–Trinajstić information content (AvgIpc) is 2.89. The van der Waals surface area contributed by atoms with E-state index in [2.05, 4.69) is 4.99 Å². The van der Waals surface area contributed by atoms with Crippen LogP contribution in [0.3, 0.4) is 0 Å². The Balaban J connectivity index is 1.66. The lowest BCUT2D eigenvalue weighted by atomic mass is 10.1. The van der Waals surface area contributed by atoms with E-state index in [0.29, 0.717) is 34.8 Å². The molecule has 4 rings (SSSR count). The van der Waals surface area contributed by atoms with Crippen molar-refractivity contribution in [1.82, 2.24) is 5.01 Å². The Hall–Kier alpha value is -5.01. The van der Waals surface area contributed by atoms with Gasteiger partial charge in [-0.25, -0.2) is 20.6 Å². The number of hydrazine groups is 1. The van der Waals surface area contributed by atoms with Crippen molar-refractivity contribution in [2.45, 2.75) is 39.1 Å². The van der Waals surface area contributed by atoms with Crippen LogP contribution < -0.4 is 26.8 Å². The van der Waals surface area contributed by atoms with Crippen molar-refractivity contribution < 1.29 is 19.0 Å². The molecule has 1 heterocycles. The first kappa shape index (κ1) is 27.0. The molecule has 0 spiro atoms. The normalized spacial score (nSPS) is 15.3. The maximum Gasteiger partial charge on any atom is 0.338 e. The van der Waals surface area contributed by atoms with Crippen molar-refractivity contribution in [3.05, 3.63) is 101 Å². The summed E-state index contributed by atoms with van der Waals surface area (Å²) in [4.78, 5) is 17.2. The van der Waals surface area contributed by atoms with Gasteiger partial charge >= 0.3 is 5.97 Å². The number of nitriles is 1.